The van der Waals surface area contributed by atoms with Gasteiger partial charge in [0, 0.05) is 22.3 Å². The van der Waals surface area contributed by atoms with E-state index >= 15 is 0 Å². The molecule has 128 valence electrons. The lowest BCUT2D eigenvalue weighted by atomic mass is 9.98. The van der Waals surface area contributed by atoms with Gasteiger partial charge in [0.25, 0.3) is 0 Å². The lowest BCUT2D eigenvalue weighted by Crippen LogP contribution is -2.12. The number of rotatable bonds is 3. The summed E-state index contributed by atoms with van der Waals surface area (Å²) >= 11 is 6.20. The zero-order valence-electron chi connectivity index (χ0n) is 13.2. The molecule has 3 rings (SSSR count). The molecule has 0 aliphatic carbocycles. The van der Waals surface area contributed by atoms with Crippen molar-refractivity contribution in [3.05, 3.63) is 71.1 Å². The Kier molecular flexibility index (Phi) is 4.60. The predicted octanol–water partition coefficient (Wildman–Crippen LogP) is 4.16. The van der Waals surface area contributed by atoms with E-state index in [1.165, 1.54) is 12.1 Å². The number of hydrogen-bond acceptors (Lipinski definition) is 3. The minimum absolute atomic E-state index is 0.305. The van der Waals surface area contributed by atoms with Crippen molar-refractivity contribution in [3.63, 3.8) is 0 Å². The van der Waals surface area contributed by atoms with Gasteiger partial charge in [-0.05, 0) is 48.4 Å². The van der Waals surface area contributed by atoms with Crippen molar-refractivity contribution in [2.45, 2.75) is 11.8 Å². The molecule has 0 saturated heterocycles. The van der Waals surface area contributed by atoms with Gasteiger partial charge in [0.05, 0.1) is 10.6 Å². The molecule has 0 saturated carbocycles. The van der Waals surface area contributed by atoms with Crippen LogP contribution in [0.1, 0.15) is 5.56 Å². The molecule has 0 aliphatic heterocycles. The van der Waals surface area contributed by atoms with E-state index in [4.69, 9.17) is 16.7 Å². The third-order valence-electron chi connectivity index (χ3n) is 3.76. The Balaban J connectivity index is 2.23. The summed E-state index contributed by atoms with van der Waals surface area (Å²) in [6, 6.07) is 12.5. The maximum Gasteiger partial charge on any atom is 0.238 e. The van der Waals surface area contributed by atoms with Crippen molar-refractivity contribution in [2.75, 3.05) is 0 Å². The van der Waals surface area contributed by atoms with E-state index in [1.807, 2.05) is 25.1 Å². The van der Waals surface area contributed by atoms with Crippen LogP contribution in [0.3, 0.4) is 0 Å². The van der Waals surface area contributed by atoms with Gasteiger partial charge in [-0.25, -0.2) is 17.9 Å². The van der Waals surface area contributed by atoms with Crippen LogP contribution in [-0.4, -0.2) is 13.4 Å². The summed E-state index contributed by atoms with van der Waals surface area (Å²) in [7, 11) is -4.03. The van der Waals surface area contributed by atoms with E-state index in [1.54, 1.807) is 18.3 Å². The Labute approximate surface area is 150 Å². The van der Waals surface area contributed by atoms with Crippen molar-refractivity contribution < 1.29 is 12.8 Å². The van der Waals surface area contributed by atoms with Gasteiger partial charge in [-0.1, -0.05) is 29.8 Å². The quantitative estimate of drug-likeness (QED) is 0.745. The molecule has 1 aromatic heterocycles. The molecule has 25 heavy (non-hydrogen) atoms. The van der Waals surface area contributed by atoms with Crippen LogP contribution in [0.5, 0.6) is 0 Å². The van der Waals surface area contributed by atoms with Crippen molar-refractivity contribution in [2.24, 2.45) is 5.14 Å². The normalized spacial score (nSPS) is 11.5. The van der Waals surface area contributed by atoms with E-state index in [0.717, 1.165) is 17.2 Å². The summed E-state index contributed by atoms with van der Waals surface area (Å²) < 4.78 is 37.1. The van der Waals surface area contributed by atoms with Crippen LogP contribution in [0.15, 0.2) is 59.6 Å². The van der Waals surface area contributed by atoms with Crippen LogP contribution in [-0.2, 0) is 10.0 Å². The highest BCUT2D eigenvalue weighted by atomic mass is 35.5. The second-order valence-corrected chi connectivity index (χ2v) is 7.55. The minimum atomic E-state index is -4.03. The maximum atomic E-state index is 13.9. The topological polar surface area (TPSA) is 73.0 Å². The number of aryl methyl sites for hydroxylation is 1. The van der Waals surface area contributed by atoms with Crippen molar-refractivity contribution in [1.82, 2.24) is 4.98 Å². The van der Waals surface area contributed by atoms with Crippen molar-refractivity contribution in [3.8, 4) is 22.4 Å². The van der Waals surface area contributed by atoms with Gasteiger partial charge < -0.3 is 0 Å². The number of pyridine rings is 1. The fraction of sp³-hybridized carbons (Fsp3) is 0.0556. The molecule has 0 bridgehead atoms. The highest BCUT2D eigenvalue weighted by molar-refractivity contribution is 7.89. The fourth-order valence-electron chi connectivity index (χ4n) is 2.49. The first-order chi connectivity index (χ1) is 11.8. The summed E-state index contributed by atoms with van der Waals surface area (Å²) in [6.07, 6.45) is 1.55. The lowest BCUT2D eigenvalue weighted by molar-refractivity contribution is 0.592. The number of primary sulfonamides is 1. The Hall–Kier alpha value is -2.28. The second-order valence-electron chi connectivity index (χ2n) is 5.58. The van der Waals surface area contributed by atoms with Gasteiger partial charge in [0.1, 0.15) is 5.82 Å². The average Bonchev–Trinajstić information content (AvgIpc) is 2.56. The van der Waals surface area contributed by atoms with E-state index in [-0.39, 0.29) is 4.90 Å². The highest BCUT2D eigenvalue weighted by Crippen LogP contribution is 2.33. The number of aromatic nitrogens is 1. The summed E-state index contributed by atoms with van der Waals surface area (Å²) in [6.45, 7) is 1.89. The van der Waals surface area contributed by atoms with Crippen LogP contribution in [0.25, 0.3) is 22.4 Å². The number of halogens is 2. The molecule has 0 unspecified atom stereocenters. The number of nitrogens with two attached hydrogens (primary N) is 1. The first-order valence-electron chi connectivity index (χ1n) is 7.31. The number of nitrogens with zero attached hydrogens (tertiary/aromatic N) is 1. The summed E-state index contributed by atoms with van der Waals surface area (Å²) in [5, 5.41) is 5.72. The molecule has 0 amide bonds. The molecule has 0 aliphatic rings. The molecule has 2 aromatic carbocycles. The summed E-state index contributed by atoms with van der Waals surface area (Å²) in [5.41, 5.74) is 3.18. The Morgan fingerprint density at radius 2 is 1.84 bits per heavy atom. The monoisotopic (exact) mass is 376 g/mol. The van der Waals surface area contributed by atoms with Crippen LogP contribution in [0.2, 0.25) is 5.02 Å². The molecule has 0 atom stereocenters. The number of hydrogen-bond donors (Lipinski definition) is 1. The molecular formula is C18H14ClFN2O2S. The third-order valence-corrected chi connectivity index (χ3v) is 5.06. The molecular weight excluding hydrogens is 363 g/mol. The minimum Gasteiger partial charge on any atom is -0.256 e. The molecule has 7 heteroatoms. The van der Waals surface area contributed by atoms with E-state index in [9.17, 15) is 12.8 Å². The molecule has 0 spiro atoms. The van der Waals surface area contributed by atoms with Gasteiger partial charge in [0.15, 0.2) is 0 Å². The van der Waals surface area contributed by atoms with Gasteiger partial charge >= 0.3 is 0 Å². The molecule has 2 N–H and O–H groups in total. The SMILES string of the molecule is Cc1ccc(-c2cccnc2-c2cc(F)cc(S(N)(=O)=O)c2)cc1Cl. The average molecular weight is 377 g/mol. The van der Waals surface area contributed by atoms with Gasteiger partial charge in [0.2, 0.25) is 10.0 Å². The highest BCUT2D eigenvalue weighted by Gasteiger charge is 2.15. The van der Waals surface area contributed by atoms with Crippen LogP contribution in [0, 0.1) is 12.7 Å². The van der Waals surface area contributed by atoms with Crippen molar-refractivity contribution >= 4 is 21.6 Å². The van der Waals surface area contributed by atoms with Crippen LogP contribution < -0.4 is 5.14 Å². The molecule has 4 nitrogen and oxygen atoms in total. The van der Waals surface area contributed by atoms with E-state index < -0.39 is 15.8 Å². The van der Waals surface area contributed by atoms with Crippen molar-refractivity contribution in [1.29, 1.82) is 0 Å². The standard InChI is InChI=1S/C18H14ClFN2O2S/c1-11-4-5-12(9-17(11)19)16-3-2-6-22-18(16)13-7-14(20)10-15(8-13)25(21,23)24/h2-10H,1H3,(H2,21,23,24). The number of benzene rings is 2. The van der Waals surface area contributed by atoms with Crippen LogP contribution >= 0.6 is 11.6 Å². The fourth-order valence-corrected chi connectivity index (χ4v) is 3.24. The lowest BCUT2D eigenvalue weighted by Gasteiger charge is -2.11. The smallest absolute Gasteiger partial charge is 0.238 e. The molecule has 0 radical (unpaired) electrons. The zero-order valence-corrected chi connectivity index (χ0v) is 14.8. The van der Waals surface area contributed by atoms with E-state index in [2.05, 4.69) is 4.98 Å². The molecule has 0 fully saturated rings. The van der Waals surface area contributed by atoms with E-state index in [0.29, 0.717) is 21.8 Å². The van der Waals surface area contributed by atoms with Gasteiger partial charge in [-0.3, -0.25) is 4.98 Å². The van der Waals surface area contributed by atoms with Gasteiger partial charge in [-0.2, -0.15) is 0 Å². The van der Waals surface area contributed by atoms with Crippen LogP contribution in [0.4, 0.5) is 4.39 Å². The first kappa shape index (κ1) is 17.5. The Morgan fingerprint density at radius 1 is 1.08 bits per heavy atom. The summed E-state index contributed by atoms with van der Waals surface area (Å²) in [5.74, 6) is -0.708. The summed E-state index contributed by atoms with van der Waals surface area (Å²) in [4.78, 5) is 3.99. The first-order valence-corrected chi connectivity index (χ1v) is 9.23. The van der Waals surface area contributed by atoms with Gasteiger partial charge in [-0.15, -0.1) is 0 Å². The second kappa shape index (κ2) is 6.55. The molecule has 3 aromatic rings. The Morgan fingerprint density at radius 3 is 2.52 bits per heavy atom. The third kappa shape index (κ3) is 3.71. The molecule has 1 heterocycles. The number of sulfonamides is 1. The predicted molar refractivity (Wildman–Crippen MR) is 96.2 cm³/mol. The zero-order chi connectivity index (χ0) is 18.2. The Bertz CT molecular complexity index is 1070. The maximum absolute atomic E-state index is 13.9. The largest absolute Gasteiger partial charge is 0.256 e.